The lowest BCUT2D eigenvalue weighted by Crippen LogP contribution is -2.54. The van der Waals surface area contributed by atoms with Gasteiger partial charge in [-0.1, -0.05) is 5.16 Å². The molecular weight excluding hydrogens is 198 g/mol. The smallest absolute Gasteiger partial charge is 0.322 e. The maximum atomic E-state index is 11.0. The maximum Gasteiger partial charge on any atom is 0.322 e. The Balaban J connectivity index is 2.02. The second kappa shape index (κ2) is 4.41. The summed E-state index contributed by atoms with van der Waals surface area (Å²) in [5.74, 6) is -0.107. The third-order valence-electron chi connectivity index (χ3n) is 2.49. The third kappa shape index (κ3) is 2.34. The van der Waals surface area contributed by atoms with E-state index in [9.17, 15) is 4.79 Å². The van der Waals surface area contributed by atoms with Gasteiger partial charge in [0.1, 0.15) is 6.04 Å². The molecule has 1 aliphatic heterocycles. The number of piperazine rings is 1. The molecule has 0 radical (unpaired) electrons. The molecular formula is C9H13N3O3. The lowest BCUT2D eigenvalue weighted by molar-refractivity contribution is -0.144. The van der Waals surface area contributed by atoms with E-state index in [1.165, 1.54) is 0 Å². The van der Waals surface area contributed by atoms with E-state index in [1.54, 1.807) is 12.3 Å². The van der Waals surface area contributed by atoms with E-state index in [0.29, 0.717) is 25.4 Å². The molecule has 1 aromatic rings. The molecule has 0 amide bonds. The van der Waals surface area contributed by atoms with Crippen molar-refractivity contribution in [3.8, 4) is 0 Å². The Morgan fingerprint density at radius 3 is 3.33 bits per heavy atom. The zero-order valence-corrected chi connectivity index (χ0v) is 8.22. The lowest BCUT2D eigenvalue weighted by atomic mass is 10.2. The van der Waals surface area contributed by atoms with E-state index in [-0.39, 0.29) is 0 Å². The van der Waals surface area contributed by atoms with Gasteiger partial charge in [0.15, 0.2) is 5.76 Å². The second-order valence-electron chi connectivity index (χ2n) is 3.51. The van der Waals surface area contributed by atoms with Gasteiger partial charge in [0.2, 0.25) is 0 Å². The fourth-order valence-corrected chi connectivity index (χ4v) is 1.70. The molecule has 1 unspecified atom stereocenters. The summed E-state index contributed by atoms with van der Waals surface area (Å²) in [7, 11) is 0. The maximum absolute atomic E-state index is 11.0. The molecule has 15 heavy (non-hydrogen) atoms. The van der Waals surface area contributed by atoms with Crippen LogP contribution in [0.4, 0.5) is 0 Å². The number of carboxylic acid groups (broad SMARTS) is 1. The van der Waals surface area contributed by atoms with E-state index in [1.807, 2.05) is 4.90 Å². The van der Waals surface area contributed by atoms with E-state index >= 15 is 0 Å². The minimum atomic E-state index is -0.804. The van der Waals surface area contributed by atoms with Gasteiger partial charge in [-0.3, -0.25) is 9.69 Å². The van der Waals surface area contributed by atoms with Gasteiger partial charge in [-0.15, -0.1) is 0 Å². The third-order valence-corrected chi connectivity index (χ3v) is 2.49. The van der Waals surface area contributed by atoms with Crippen LogP contribution in [0.5, 0.6) is 0 Å². The molecule has 1 aromatic heterocycles. The second-order valence-corrected chi connectivity index (χ2v) is 3.51. The Hall–Kier alpha value is -1.40. The number of hydrogen-bond acceptors (Lipinski definition) is 5. The van der Waals surface area contributed by atoms with Crippen LogP contribution in [0.15, 0.2) is 16.8 Å². The summed E-state index contributed by atoms with van der Waals surface area (Å²) in [6, 6.07) is 1.27. The van der Waals surface area contributed by atoms with Crippen molar-refractivity contribution < 1.29 is 14.4 Å². The standard InChI is InChI=1S/C9H13N3O3/c13-9(14)8-5-10-3-4-12(8)6-7-1-2-11-15-7/h1-2,8,10H,3-6H2,(H,13,14). The van der Waals surface area contributed by atoms with Crippen LogP contribution >= 0.6 is 0 Å². The molecule has 0 bridgehead atoms. The molecule has 0 spiro atoms. The first-order valence-electron chi connectivity index (χ1n) is 4.84. The van der Waals surface area contributed by atoms with Gasteiger partial charge in [-0.25, -0.2) is 0 Å². The molecule has 1 atom stereocenters. The fourth-order valence-electron chi connectivity index (χ4n) is 1.70. The number of nitrogens with zero attached hydrogens (tertiary/aromatic N) is 2. The topological polar surface area (TPSA) is 78.6 Å². The van der Waals surface area contributed by atoms with E-state index in [0.717, 1.165) is 6.54 Å². The summed E-state index contributed by atoms with van der Waals surface area (Å²) in [6.45, 7) is 2.48. The highest BCUT2D eigenvalue weighted by atomic mass is 16.5. The zero-order valence-electron chi connectivity index (χ0n) is 8.22. The molecule has 6 heteroatoms. The first-order chi connectivity index (χ1) is 7.27. The monoisotopic (exact) mass is 211 g/mol. The predicted molar refractivity (Wildman–Crippen MR) is 51.2 cm³/mol. The van der Waals surface area contributed by atoms with Crippen LogP contribution in [-0.4, -0.2) is 46.8 Å². The lowest BCUT2D eigenvalue weighted by Gasteiger charge is -2.32. The van der Waals surface area contributed by atoms with Crippen molar-refractivity contribution >= 4 is 5.97 Å². The van der Waals surface area contributed by atoms with Crippen LogP contribution in [0, 0.1) is 0 Å². The number of hydrogen-bond donors (Lipinski definition) is 2. The zero-order chi connectivity index (χ0) is 10.7. The molecule has 2 heterocycles. The number of carboxylic acids is 1. The van der Waals surface area contributed by atoms with Crippen molar-refractivity contribution in [1.82, 2.24) is 15.4 Å². The summed E-state index contributed by atoms with van der Waals surface area (Å²) in [5.41, 5.74) is 0. The number of nitrogens with one attached hydrogen (secondary N) is 1. The highest BCUT2D eigenvalue weighted by Gasteiger charge is 2.28. The summed E-state index contributed by atoms with van der Waals surface area (Å²) < 4.78 is 4.96. The van der Waals surface area contributed by atoms with Crippen LogP contribution in [0.1, 0.15) is 5.76 Å². The Morgan fingerprint density at radius 1 is 1.80 bits per heavy atom. The normalized spacial score (nSPS) is 22.8. The number of aromatic nitrogens is 1. The SMILES string of the molecule is O=C(O)C1CNCCN1Cc1ccno1. The molecule has 0 aromatic carbocycles. The van der Waals surface area contributed by atoms with Gasteiger partial charge in [-0.05, 0) is 0 Å². The summed E-state index contributed by atoms with van der Waals surface area (Å²) >= 11 is 0. The van der Waals surface area contributed by atoms with Gasteiger partial charge in [-0.2, -0.15) is 0 Å². The van der Waals surface area contributed by atoms with Crippen LogP contribution in [0.25, 0.3) is 0 Å². The van der Waals surface area contributed by atoms with Gasteiger partial charge in [0, 0.05) is 25.7 Å². The minimum Gasteiger partial charge on any atom is -0.480 e. The molecule has 0 saturated carbocycles. The molecule has 2 N–H and O–H groups in total. The molecule has 1 aliphatic rings. The van der Waals surface area contributed by atoms with E-state index < -0.39 is 12.0 Å². The van der Waals surface area contributed by atoms with E-state index in [4.69, 9.17) is 9.63 Å². The summed E-state index contributed by atoms with van der Waals surface area (Å²) in [5, 5.41) is 15.7. The summed E-state index contributed by atoms with van der Waals surface area (Å²) in [4.78, 5) is 12.8. The molecule has 82 valence electrons. The van der Waals surface area contributed by atoms with Gasteiger partial charge >= 0.3 is 5.97 Å². The van der Waals surface area contributed by atoms with Crippen molar-refractivity contribution in [3.05, 3.63) is 18.0 Å². The largest absolute Gasteiger partial charge is 0.480 e. The van der Waals surface area contributed by atoms with Crippen LogP contribution in [-0.2, 0) is 11.3 Å². The number of aliphatic carboxylic acids is 1. The number of carbonyl (C=O) groups is 1. The van der Waals surface area contributed by atoms with Crippen molar-refractivity contribution in [2.75, 3.05) is 19.6 Å². The predicted octanol–water partition coefficient (Wildman–Crippen LogP) is -0.467. The molecule has 2 rings (SSSR count). The fraction of sp³-hybridized carbons (Fsp3) is 0.556. The van der Waals surface area contributed by atoms with Crippen molar-refractivity contribution in [1.29, 1.82) is 0 Å². The first-order valence-corrected chi connectivity index (χ1v) is 4.84. The Morgan fingerprint density at radius 2 is 2.67 bits per heavy atom. The highest BCUT2D eigenvalue weighted by Crippen LogP contribution is 2.09. The molecule has 1 fully saturated rings. The quantitative estimate of drug-likeness (QED) is 0.704. The van der Waals surface area contributed by atoms with Crippen molar-refractivity contribution in [2.24, 2.45) is 0 Å². The van der Waals surface area contributed by atoms with Gasteiger partial charge in [0.05, 0.1) is 12.7 Å². The average Bonchev–Trinajstić information content (AvgIpc) is 2.71. The molecule has 6 nitrogen and oxygen atoms in total. The van der Waals surface area contributed by atoms with Gasteiger partial charge < -0.3 is 14.9 Å². The Labute approximate surface area is 86.8 Å². The van der Waals surface area contributed by atoms with Gasteiger partial charge in [0.25, 0.3) is 0 Å². The molecule has 1 saturated heterocycles. The van der Waals surface area contributed by atoms with Crippen molar-refractivity contribution in [2.45, 2.75) is 12.6 Å². The van der Waals surface area contributed by atoms with Crippen LogP contribution in [0.3, 0.4) is 0 Å². The molecule has 0 aliphatic carbocycles. The van der Waals surface area contributed by atoms with Crippen LogP contribution < -0.4 is 5.32 Å². The summed E-state index contributed by atoms with van der Waals surface area (Å²) in [6.07, 6.45) is 1.56. The van der Waals surface area contributed by atoms with E-state index in [2.05, 4.69) is 10.5 Å². The minimum absolute atomic E-state index is 0.476. The average molecular weight is 211 g/mol. The van der Waals surface area contributed by atoms with Crippen molar-refractivity contribution in [3.63, 3.8) is 0 Å². The highest BCUT2D eigenvalue weighted by molar-refractivity contribution is 5.73. The van der Waals surface area contributed by atoms with Crippen LogP contribution in [0.2, 0.25) is 0 Å². The Bertz CT molecular complexity index is 325. The first kappa shape index (κ1) is 10.1. The number of rotatable bonds is 3. The Kier molecular flexibility index (Phi) is 2.98.